The second-order valence-corrected chi connectivity index (χ2v) is 5.39. The average molecular weight is 232 g/mol. The van der Waals surface area contributed by atoms with Gasteiger partial charge in [-0.1, -0.05) is 12.1 Å². The minimum atomic E-state index is 0.552. The van der Waals surface area contributed by atoms with Gasteiger partial charge in [0.2, 0.25) is 0 Å². The van der Waals surface area contributed by atoms with Crippen LogP contribution in [0.2, 0.25) is 0 Å². The number of benzene rings is 1. The van der Waals surface area contributed by atoms with E-state index in [0.29, 0.717) is 12.1 Å². The van der Waals surface area contributed by atoms with Gasteiger partial charge in [0.05, 0.1) is 0 Å². The van der Waals surface area contributed by atoms with Crippen LogP contribution < -0.4 is 10.2 Å². The molecule has 1 aromatic rings. The smallest absolute Gasteiger partial charge is 0.0402 e. The number of hydrogen-bond donors (Lipinski definition) is 1. The van der Waals surface area contributed by atoms with E-state index in [1.54, 1.807) is 0 Å². The van der Waals surface area contributed by atoms with E-state index in [1.165, 1.54) is 29.8 Å². The summed E-state index contributed by atoms with van der Waals surface area (Å²) < 4.78 is 0. The normalized spacial score (nSPS) is 16.4. The largest absolute Gasteiger partial charge is 0.369 e. The van der Waals surface area contributed by atoms with Crippen LogP contribution in [0.15, 0.2) is 18.2 Å². The number of nitrogens with zero attached hydrogens (tertiary/aromatic N) is 1. The van der Waals surface area contributed by atoms with Crippen LogP contribution in [-0.4, -0.2) is 25.7 Å². The number of likely N-dealkylation sites (N-methyl/N-ethyl adjacent to an activating group) is 1. The van der Waals surface area contributed by atoms with Gasteiger partial charge >= 0.3 is 0 Å². The summed E-state index contributed by atoms with van der Waals surface area (Å²) in [7, 11) is 2.03. The quantitative estimate of drug-likeness (QED) is 0.858. The monoisotopic (exact) mass is 232 g/mol. The van der Waals surface area contributed by atoms with Crippen molar-refractivity contribution in [1.29, 1.82) is 0 Å². The van der Waals surface area contributed by atoms with Gasteiger partial charge in [-0.2, -0.15) is 0 Å². The maximum absolute atomic E-state index is 3.30. The van der Waals surface area contributed by atoms with Gasteiger partial charge in [-0.25, -0.2) is 0 Å². The Labute approximate surface area is 105 Å². The van der Waals surface area contributed by atoms with Crippen LogP contribution in [0.25, 0.3) is 0 Å². The summed E-state index contributed by atoms with van der Waals surface area (Å²) in [6, 6.07) is 8.15. The fourth-order valence-corrected chi connectivity index (χ4v) is 2.60. The van der Waals surface area contributed by atoms with Crippen molar-refractivity contribution >= 4 is 5.69 Å². The van der Waals surface area contributed by atoms with Crippen LogP contribution in [0.5, 0.6) is 0 Å². The Kier molecular flexibility index (Phi) is 3.72. The van der Waals surface area contributed by atoms with Gasteiger partial charge in [0, 0.05) is 24.3 Å². The van der Waals surface area contributed by atoms with Crippen LogP contribution >= 0.6 is 0 Å². The predicted molar refractivity (Wildman–Crippen MR) is 74.9 cm³/mol. The Balaban J connectivity index is 2.16. The molecule has 0 aliphatic carbocycles. The molecule has 1 aromatic carbocycles. The summed E-state index contributed by atoms with van der Waals surface area (Å²) in [5.41, 5.74) is 4.43. The molecule has 1 unspecified atom stereocenters. The minimum Gasteiger partial charge on any atom is -0.369 e. The van der Waals surface area contributed by atoms with Gasteiger partial charge in [0.15, 0.2) is 0 Å². The molecule has 2 rings (SSSR count). The number of anilines is 1. The molecule has 0 fully saturated rings. The van der Waals surface area contributed by atoms with Gasteiger partial charge in [0.1, 0.15) is 0 Å². The zero-order valence-electron chi connectivity index (χ0n) is 11.5. The molecular weight excluding hydrogens is 208 g/mol. The van der Waals surface area contributed by atoms with E-state index in [9.17, 15) is 0 Å². The van der Waals surface area contributed by atoms with Crippen molar-refractivity contribution < 1.29 is 0 Å². The van der Waals surface area contributed by atoms with Crippen LogP contribution in [0.1, 0.15) is 31.9 Å². The Morgan fingerprint density at radius 3 is 2.71 bits per heavy atom. The third-order valence-electron chi connectivity index (χ3n) is 3.73. The van der Waals surface area contributed by atoms with Crippen LogP contribution in [-0.2, 0) is 12.8 Å². The first kappa shape index (κ1) is 12.4. The topological polar surface area (TPSA) is 15.3 Å². The Bertz CT molecular complexity index is 385. The zero-order chi connectivity index (χ0) is 12.4. The SMILES string of the molecule is CNC(C)Cc1ccc2c(c1)CCN2C(C)C. The molecule has 1 atom stereocenters. The van der Waals surface area contributed by atoms with E-state index in [2.05, 4.69) is 49.2 Å². The van der Waals surface area contributed by atoms with Crippen molar-refractivity contribution in [2.45, 2.75) is 45.7 Å². The van der Waals surface area contributed by atoms with Crippen LogP contribution in [0.3, 0.4) is 0 Å². The predicted octanol–water partition coefficient (Wildman–Crippen LogP) is 2.61. The number of hydrogen-bond acceptors (Lipinski definition) is 2. The van der Waals surface area contributed by atoms with E-state index < -0.39 is 0 Å². The second-order valence-electron chi connectivity index (χ2n) is 5.39. The molecule has 0 bridgehead atoms. The Hall–Kier alpha value is -1.02. The fourth-order valence-electron chi connectivity index (χ4n) is 2.60. The first-order valence-corrected chi connectivity index (χ1v) is 6.67. The highest BCUT2D eigenvalue weighted by atomic mass is 15.2. The van der Waals surface area contributed by atoms with Crippen LogP contribution in [0.4, 0.5) is 5.69 Å². The molecule has 0 saturated carbocycles. The summed E-state index contributed by atoms with van der Waals surface area (Å²) in [5.74, 6) is 0. The maximum atomic E-state index is 3.30. The van der Waals surface area contributed by atoms with Crippen molar-refractivity contribution in [1.82, 2.24) is 5.32 Å². The van der Waals surface area contributed by atoms with E-state index in [4.69, 9.17) is 0 Å². The molecule has 0 aromatic heterocycles. The molecule has 1 heterocycles. The lowest BCUT2D eigenvalue weighted by Crippen LogP contribution is -2.28. The molecule has 1 aliphatic rings. The lowest BCUT2D eigenvalue weighted by Gasteiger charge is -2.24. The number of nitrogens with one attached hydrogen (secondary N) is 1. The van der Waals surface area contributed by atoms with Crippen molar-refractivity contribution in [2.75, 3.05) is 18.5 Å². The van der Waals surface area contributed by atoms with Gasteiger partial charge in [-0.15, -0.1) is 0 Å². The average Bonchev–Trinajstić information content (AvgIpc) is 2.71. The molecule has 17 heavy (non-hydrogen) atoms. The summed E-state index contributed by atoms with van der Waals surface area (Å²) in [4.78, 5) is 2.50. The van der Waals surface area contributed by atoms with E-state index in [-0.39, 0.29) is 0 Å². The van der Waals surface area contributed by atoms with Crippen molar-refractivity contribution in [3.8, 4) is 0 Å². The Morgan fingerprint density at radius 1 is 1.29 bits per heavy atom. The lowest BCUT2D eigenvalue weighted by atomic mass is 10.0. The van der Waals surface area contributed by atoms with Gasteiger partial charge in [0.25, 0.3) is 0 Å². The molecule has 0 amide bonds. The second kappa shape index (κ2) is 5.09. The highest BCUT2D eigenvalue weighted by molar-refractivity contribution is 5.59. The van der Waals surface area contributed by atoms with Gasteiger partial charge < -0.3 is 10.2 Å². The molecule has 0 saturated heterocycles. The maximum Gasteiger partial charge on any atom is 0.0402 e. The molecule has 2 nitrogen and oxygen atoms in total. The standard InChI is InChI=1S/C15H24N2/c1-11(2)17-8-7-14-10-13(5-6-15(14)17)9-12(3)16-4/h5-6,10-12,16H,7-9H2,1-4H3. The van der Waals surface area contributed by atoms with Crippen molar-refractivity contribution in [2.24, 2.45) is 0 Å². The molecular formula is C15H24N2. The minimum absolute atomic E-state index is 0.552. The van der Waals surface area contributed by atoms with E-state index in [1.807, 2.05) is 7.05 Å². The third-order valence-corrected chi connectivity index (χ3v) is 3.73. The molecule has 1 N–H and O–H groups in total. The molecule has 0 radical (unpaired) electrons. The van der Waals surface area contributed by atoms with Crippen molar-refractivity contribution in [3.63, 3.8) is 0 Å². The lowest BCUT2D eigenvalue weighted by molar-refractivity contribution is 0.608. The van der Waals surface area contributed by atoms with E-state index >= 15 is 0 Å². The molecule has 2 heteroatoms. The fraction of sp³-hybridized carbons (Fsp3) is 0.600. The summed E-state index contributed by atoms with van der Waals surface area (Å²) >= 11 is 0. The first-order valence-electron chi connectivity index (χ1n) is 6.67. The highest BCUT2D eigenvalue weighted by Crippen LogP contribution is 2.30. The summed E-state index contributed by atoms with van der Waals surface area (Å²) in [6.07, 6.45) is 2.32. The molecule has 0 spiro atoms. The third kappa shape index (κ3) is 2.63. The number of fused-ring (bicyclic) bond motifs is 1. The van der Waals surface area contributed by atoms with E-state index in [0.717, 1.165) is 6.42 Å². The zero-order valence-corrected chi connectivity index (χ0v) is 11.5. The molecule has 1 aliphatic heterocycles. The number of rotatable bonds is 4. The first-order chi connectivity index (χ1) is 8.11. The highest BCUT2D eigenvalue weighted by Gasteiger charge is 2.21. The van der Waals surface area contributed by atoms with Crippen LogP contribution in [0, 0.1) is 0 Å². The van der Waals surface area contributed by atoms with Gasteiger partial charge in [-0.3, -0.25) is 0 Å². The summed E-state index contributed by atoms with van der Waals surface area (Å²) in [6.45, 7) is 7.95. The Morgan fingerprint density at radius 2 is 2.06 bits per heavy atom. The molecule has 94 valence electrons. The van der Waals surface area contributed by atoms with Crippen molar-refractivity contribution in [3.05, 3.63) is 29.3 Å². The van der Waals surface area contributed by atoms with Gasteiger partial charge in [-0.05, 0) is 57.9 Å². The summed E-state index contributed by atoms with van der Waals surface area (Å²) in [5, 5.41) is 3.30.